The standard InChI is InChI=1S/C15H13N5O/c1-2-12(11-6-7-16-13(11)3-1)15-19-14(21-20-15)5-4-10-8-17-18-9-10/h1-3,6-9,16H,4-5H2,(H,17,18). The minimum absolute atomic E-state index is 0.627. The molecule has 4 aromatic rings. The quantitative estimate of drug-likeness (QED) is 0.601. The molecule has 0 fully saturated rings. The fraction of sp³-hybridized carbons (Fsp3) is 0.133. The molecule has 21 heavy (non-hydrogen) atoms. The molecule has 0 saturated carbocycles. The molecule has 3 heterocycles. The number of nitrogens with zero attached hydrogens (tertiary/aromatic N) is 3. The number of aromatic amines is 2. The van der Waals surface area contributed by atoms with Crippen LogP contribution in [-0.2, 0) is 12.8 Å². The Hall–Kier alpha value is -2.89. The van der Waals surface area contributed by atoms with Gasteiger partial charge in [0.15, 0.2) is 0 Å². The maximum atomic E-state index is 5.34. The monoisotopic (exact) mass is 279 g/mol. The van der Waals surface area contributed by atoms with Crippen molar-refractivity contribution in [3.8, 4) is 11.4 Å². The summed E-state index contributed by atoms with van der Waals surface area (Å²) in [6, 6.07) is 8.03. The molecule has 1 aromatic carbocycles. The first-order valence-electron chi connectivity index (χ1n) is 6.77. The molecule has 104 valence electrons. The van der Waals surface area contributed by atoms with E-state index < -0.39 is 0 Å². The molecular formula is C15H13N5O. The topological polar surface area (TPSA) is 83.4 Å². The molecule has 6 nitrogen and oxygen atoms in total. The second-order valence-electron chi connectivity index (χ2n) is 4.86. The second kappa shape index (κ2) is 4.90. The Kier molecular flexibility index (Phi) is 2.77. The van der Waals surface area contributed by atoms with Crippen molar-refractivity contribution in [3.05, 3.63) is 54.3 Å². The lowest BCUT2D eigenvalue weighted by Gasteiger charge is -1.96. The van der Waals surface area contributed by atoms with Gasteiger partial charge in [-0.3, -0.25) is 5.10 Å². The van der Waals surface area contributed by atoms with E-state index in [0.29, 0.717) is 18.1 Å². The highest BCUT2D eigenvalue weighted by Gasteiger charge is 2.12. The third-order valence-electron chi connectivity index (χ3n) is 3.49. The van der Waals surface area contributed by atoms with Crippen molar-refractivity contribution in [2.24, 2.45) is 0 Å². The summed E-state index contributed by atoms with van der Waals surface area (Å²) in [5.74, 6) is 1.26. The van der Waals surface area contributed by atoms with Crippen molar-refractivity contribution < 1.29 is 4.52 Å². The van der Waals surface area contributed by atoms with E-state index in [-0.39, 0.29) is 0 Å². The van der Waals surface area contributed by atoms with E-state index in [4.69, 9.17) is 4.52 Å². The Morgan fingerprint density at radius 2 is 2.14 bits per heavy atom. The largest absolute Gasteiger partial charge is 0.361 e. The number of hydrogen-bond donors (Lipinski definition) is 2. The highest BCUT2D eigenvalue weighted by molar-refractivity contribution is 5.93. The van der Waals surface area contributed by atoms with E-state index in [0.717, 1.165) is 28.5 Å². The molecular weight excluding hydrogens is 266 g/mol. The van der Waals surface area contributed by atoms with Crippen molar-refractivity contribution in [2.75, 3.05) is 0 Å². The molecule has 2 N–H and O–H groups in total. The molecule has 4 rings (SSSR count). The first-order chi connectivity index (χ1) is 10.4. The summed E-state index contributed by atoms with van der Waals surface area (Å²) in [6.07, 6.45) is 7.12. The van der Waals surface area contributed by atoms with Gasteiger partial charge in [-0.1, -0.05) is 17.3 Å². The smallest absolute Gasteiger partial charge is 0.227 e. The molecule has 0 amide bonds. The van der Waals surface area contributed by atoms with Crippen LogP contribution < -0.4 is 0 Å². The highest BCUT2D eigenvalue weighted by Crippen LogP contribution is 2.25. The summed E-state index contributed by atoms with van der Waals surface area (Å²) in [5, 5.41) is 11.9. The predicted octanol–water partition coefficient (Wildman–Crippen LogP) is 2.73. The number of nitrogens with one attached hydrogen (secondary N) is 2. The summed E-state index contributed by atoms with van der Waals surface area (Å²) >= 11 is 0. The molecule has 0 aliphatic heterocycles. The highest BCUT2D eigenvalue weighted by atomic mass is 16.5. The van der Waals surface area contributed by atoms with Gasteiger partial charge in [0, 0.05) is 35.3 Å². The molecule has 0 unspecified atom stereocenters. The van der Waals surface area contributed by atoms with Gasteiger partial charge in [-0.05, 0) is 24.1 Å². The predicted molar refractivity (Wildman–Crippen MR) is 77.6 cm³/mol. The summed E-state index contributed by atoms with van der Waals surface area (Å²) in [7, 11) is 0. The number of benzene rings is 1. The lowest BCUT2D eigenvalue weighted by molar-refractivity contribution is 0.379. The minimum atomic E-state index is 0.627. The van der Waals surface area contributed by atoms with Crippen LogP contribution in [-0.4, -0.2) is 25.3 Å². The number of aryl methyl sites for hydroxylation is 2. The zero-order valence-electron chi connectivity index (χ0n) is 11.2. The molecule has 0 saturated heterocycles. The SMILES string of the molecule is c1cc(-c2noc(CCc3cn[nH]c3)n2)c2cc[nH]c2c1. The van der Waals surface area contributed by atoms with Crippen LogP contribution in [0.5, 0.6) is 0 Å². The maximum Gasteiger partial charge on any atom is 0.227 e. The number of H-pyrrole nitrogens is 2. The summed E-state index contributed by atoms with van der Waals surface area (Å²) < 4.78 is 5.34. The molecule has 0 bridgehead atoms. The normalized spacial score (nSPS) is 11.2. The van der Waals surface area contributed by atoms with Crippen LogP contribution in [0.2, 0.25) is 0 Å². The van der Waals surface area contributed by atoms with Crippen molar-refractivity contribution >= 4 is 10.9 Å². The molecule has 0 aliphatic carbocycles. The summed E-state index contributed by atoms with van der Waals surface area (Å²) in [4.78, 5) is 7.67. The van der Waals surface area contributed by atoms with Crippen LogP contribution in [0.3, 0.4) is 0 Å². The molecule has 0 radical (unpaired) electrons. The lowest BCUT2D eigenvalue weighted by Crippen LogP contribution is -1.90. The molecule has 6 heteroatoms. The number of aromatic nitrogens is 5. The Bertz CT molecular complexity index is 859. The van der Waals surface area contributed by atoms with Crippen molar-refractivity contribution in [1.82, 2.24) is 25.3 Å². The number of rotatable bonds is 4. The van der Waals surface area contributed by atoms with E-state index in [1.807, 2.05) is 36.7 Å². The van der Waals surface area contributed by atoms with Crippen LogP contribution in [0.15, 0.2) is 47.4 Å². The van der Waals surface area contributed by atoms with Gasteiger partial charge in [0.25, 0.3) is 0 Å². The van der Waals surface area contributed by atoms with Crippen LogP contribution in [0.1, 0.15) is 11.5 Å². The molecule has 0 spiro atoms. The Morgan fingerprint density at radius 3 is 3.05 bits per heavy atom. The molecule has 0 atom stereocenters. The third-order valence-corrected chi connectivity index (χ3v) is 3.49. The van der Waals surface area contributed by atoms with Gasteiger partial charge < -0.3 is 9.51 Å². The van der Waals surface area contributed by atoms with Gasteiger partial charge in [0.05, 0.1) is 6.20 Å². The summed E-state index contributed by atoms with van der Waals surface area (Å²) in [5.41, 5.74) is 3.17. The number of hydrogen-bond acceptors (Lipinski definition) is 4. The van der Waals surface area contributed by atoms with Crippen LogP contribution in [0, 0.1) is 0 Å². The first kappa shape index (κ1) is 11.9. The van der Waals surface area contributed by atoms with Gasteiger partial charge in [-0.25, -0.2) is 0 Å². The average Bonchev–Trinajstić information content (AvgIpc) is 3.25. The van der Waals surface area contributed by atoms with Gasteiger partial charge in [-0.15, -0.1) is 0 Å². The second-order valence-corrected chi connectivity index (χ2v) is 4.86. The summed E-state index contributed by atoms with van der Waals surface area (Å²) in [6.45, 7) is 0. The molecule has 3 aromatic heterocycles. The fourth-order valence-corrected chi connectivity index (χ4v) is 2.41. The zero-order valence-corrected chi connectivity index (χ0v) is 11.2. The van der Waals surface area contributed by atoms with Crippen LogP contribution in [0.4, 0.5) is 0 Å². The van der Waals surface area contributed by atoms with E-state index in [1.165, 1.54) is 0 Å². The fourth-order valence-electron chi connectivity index (χ4n) is 2.41. The lowest BCUT2D eigenvalue weighted by atomic mass is 10.1. The van der Waals surface area contributed by atoms with Crippen molar-refractivity contribution in [2.45, 2.75) is 12.8 Å². The van der Waals surface area contributed by atoms with Crippen molar-refractivity contribution in [1.29, 1.82) is 0 Å². The van der Waals surface area contributed by atoms with Gasteiger partial charge in [0.2, 0.25) is 11.7 Å². The van der Waals surface area contributed by atoms with Gasteiger partial charge in [0.1, 0.15) is 0 Å². The molecule has 0 aliphatic rings. The minimum Gasteiger partial charge on any atom is -0.361 e. The van der Waals surface area contributed by atoms with Crippen molar-refractivity contribution in [3.63, 3.8) is 0 Å². The van der Waals surface area contributed by atoms with Gasteiger partial charge >= 0.3 is 0 Å². The average molecular weight is 279 g/mol. The van der Waals surface area contributed by atoms with Gasteiger partial charge in [-0.2, -0.15) is 10.1 Å². The van der Waals surface area contributed by atoms with Crippen LogP contribution >= 0.6 is 0 Å². The van der Waals surface area contributed by atoms with E-state index >= 15 is 0 Å². The van der Waals surface area contributed by atoms with E-state index in [1.54, 1.807) is 6.20 Å². The number of fused-ring (bicyclic) bond motifs is 1. The first-order valence-corrected chi connectivity index (χ1v) is 6.77. The maximum absolute atomic E-state index is 5.34. The Morgan fingerprint density at radius 1 is 1.14 bits per heavy atom. The third kappa shape index (κ3) is 2.20. The zero-order chi connectivity index (χ0) is 14.1. The Labute approximate surface area is 120 Å². The van der Waals surface area contributed by atoms with E-state index in [2.05, 4.69) is 25.3 Å². The Balaban J connectivity index is 1.60. The van der Waals surface area contributed by atoms with E-state index in [9.17, 15) is 0 Å². The van der Waals surface area contributed by atoms with Crippen LogP contribution in [0.25, 0.3) is 22.3 Å².